The van der Waals surface area contributed by atoms with Crippen LogP contribution < -0.4 is 10.6 Å². The number of aromatic nitrogens is 1. The third-order valence-electron chi connectivity index (χ3n) is 7.03. The van der Waals surface area contributed by atoms with Crippen LogP contribution in [0.15, 0.2) is 62.3 Å². The molecule has 14 nitrogen and oxygen atoms in total. The molecule has 3 aromatic rings. The van der Waals surface area contributed by atoms with Gasteiger partial charge in [-0.1, -0.05) is 55.1 Å². The van der Waals surface area contributed by atoms with Crippen LogP contribution in [-0.4, -0.2) is 50.0 Å². The molecule has 1 heterocycles. The number of pyridine rings is 1. The molecule has 234 valence electrons. The SMILES string of the molecule is C=CS(=O)(=O)CCNc1nc(NC2CCCCC2)c(/N=N/c2c(S(=O)(=O)O)cc(SOOO)c3ccccc23)c(C)c1C#N. The van der Waals surface area contributed by atoms with Crippen LogP contribution in [-0.2, 0) is 29.3 Å². The van der Waals surface area contributed by atoms with Crippen molar-refractivity contribution in [1.29, 1.82) is 5.26 Å². The largest absolute Gasteiger partial charge is 0.368 e. The second-order valence-corrected chi connectivity index (χ2v) is 14.1. The smallest absolute Gasteiger partial charge is 0.296 e. The van der Waals surface area contributed by atoms with E-state index < -0.39 is 24.9 Å². The summed E-state index contributed by atoms with van der Waals surface area (Å²) in [5.74, 6) is 0.159. The molecular weight excluding hydrogens is 633 g/mol. The first kappa shape index (κ1) is 33.3. The van der Waals surface area contributed by atoms with Crippen LogP contribution >= 0.6 is 12.0 Å². The molecule has 1 aromatic heterocycles. The van der Waals surface area contributed by atoms with E-state index in [9.17, 15) is 26.7 Å². The van der Waals surface area contributed by atoms with Crippen molar-refractivity contribution in [3.63, 3.8) is 0 Å². The second kappa shape index (κ2) is 14.4. The van der Waals surface area contributed by atoms with Crippen LogP contribution in [0.1, 0.15) is 43.2 Å². The van der Waals surface area contributed by atoms with Crippen LogP contribution in [0.4, 0.5) is 23.0 Å². The molecule has 0 spiro atoms. The van der Waals surface area contributed by atoms with E-state index in [2.05, 4.69) is 47.9 Å². The second-order valence-electron chi connectivity index (χ2n) is 9.88. The minimum Gasteiger partial charge on any atom is -0.368 e. The normalized spacial score (nSPS) is 14.5. The van der Waals surface area contributed by atoms with E-state index >= 15 is 0 Å². The van der Waals surface area contributed by atoms with Gasteiger partial charge in [-0.25, -0.2) is 18.7 Å². The van der Waals surface area contributed by atoms with Gasteiger partial charge in [0.25, 0.3) is 10.1 Å². The summed E-state index contributed by atoms with van der Waals surface area (Å²) < 4.78 is 63.4. The molecule has 0 unspecified atom stereocenters. The van der Waals surface area contributed by atoms with Crippen molar-refractivity contribution in [3.05, 3.63) is 53.4 Å². The number of nitriles is 1. The van der Waals surface area contributed by atoms with Gasteiger partial charge >= 0.3 is 0 Å². The zero-order chi connectivity index (χ0) is 31.9. The molecule has 0 aliphatic heterocycles. The van der Waals surface area contributed by atoms with Gasteiger partial charge in [-0.15, -0.1) is 14.6 Å². The summed E-state index contributed by atoms with van der Waals surface area (Å²) in [5, 5.41) is 38.8. The van der Waals surface area contributed by atoms with E-state index in [0.29, 0.717) is 23.0 Å². The quantitative estimate of drug-likeness (QED) is 0.0527. The molecule has 17 heteroatoms. The van der Waals surface area contributed by atoms with Crippen molar-refractivity contribution in [1.82, 2.24) is 4.98 Å². The lowest BCUT2D eigenvalue weighted by Gasteiger charge is -2.25. The molecule has 44 heavy (non-hydrogen) atoms. The van der Waals surface area contributed by atoms with Crippen LogP contribution in [0.2, 0.25) is 0 Å². The average molecular weight is 663 g/mol. The molecule has 1 aliphatic rings. The van der Waals surface area contributed by atoms with Crippen LogP contribution in [0.25, 0.3) is 10.8 Å². The van der Waals surface area contributed by atoms with Gasteiger partial charge in [-0.2, -0.15) is 13.7 Å². The summed E-state index contributed by atoms with van der Waals surface area (Å²) in [4.78, 5) is 4.20. The molecular formula is C27H30N6O8S3. The maximum atomic E-state index is 12.5. The Labute approximate surface area is 258 Å². The highest BCUT2D eigenvalue weighted by atomic mass is 32.2. The summed E-state index contributed by atoms with van der Waals surface area (Å²) in [6, 6.07) is 9.77. The number of hydrogen-bond acceptors (Lipinski definition) is 14. The van der Waals surface area contributed by atoms with Gasteiger partial charge in [-0.05, 0) is 31.2 Å². The van der Waals surface area contributed by atoms with Gasteiger partial charge in [0.2, 0.25) is 0 Å². The Balaban J connectivity index is 1.87. The fourth-order valence-electron chi connectivity index (χ4n) is 4.84. The predicted molar refractivity (Wildman–Crippen MR) is 165 cm³/mol. The van der Waals surface area contributed by atoms with Crippen molar-refractivity contribution in [2.45, 2.75) is 54.9 Å². The topological polar surface area (TPSA) is 213 Å². The monoisotopic (exact) mass is 662 g/mol. The fraction of sp³-hybridized carbons (Fsp3) is 0.333. The van der Waals surface area contributed by atoms with E-state index in [0.717, 1.165) is 43.6 Å². The Morgan fingerprint density at radius 2 is 1.82 bits per heavy atom. The number of benzene rings is 2. The summed E-state index contributed by atoms with van der Waals surface area (Å²) in [7, 11) is -8.34. The minimum absolute atomic E-state index is 0.0295. The highest BCUT2D eigenvalue weighted by Gasteiger charge is 2.24. The first-order valence-electron chi connectivity index (χ1n) is 13.4. The van der Waals surface area contributed by atoms with Crippen molar-refractivity contribution >= 4 is 65.8 Å². The van der Waals surface area contributed by atoms with Crippen molar-refractivity contribution in [2.75, 3.05) is 22.9 Å². The molecule has 0 radical (unpaired) electrons. The lowest BCUT2D eigenvalue weighted by Crippen LogP contribution is -2.23. The van der Waals surface area contributed by atoms with Gasteiger partial charge in [0.15, 0.2) is 15.7 Å². The standard InChI is InChI=1S/C27H30N6O8S3/c1-3-43(35,36)14-13-29-26-21(16-28)17(2)24(27(31-26)30-18-9-5-4-6-10-18)32-33-25-20-12-8-7-11-19(20)22(42-41-40-34)15-23(25)44(37,38)39/h3,7-8,11-12,15,18,34H,1,4-6,9-10,13-14H2,2H3,(H2,29,30,31)(H,37,38,39)/b33-32+. The lowest BCUT2D eigenvalue weighted by molar-refractivity contribution is -0.432. The maximum absolute atomic E-state index is 12.5. The van der Waals surface area contributed by atoms with Crippen LogP contribution in [0, 0.1) is 18.3 Å². The van der Waals surface area contributed by atoms with E-state index in [1.807, 2.05) is 0 Å². The molecule has 4 rings (SSSR count). The van der Waals surface area contributed by atoms with E-state index in [4.69, 9.17) is 5.26 Å². The fourth-order valence-corrected chi connectivity index (χ4v) is 6.67. The summed E-state index contributed by atoms with van der Waals surface area (Å²) in [6.07, 6.45) is 4.85. The van der Waals surface area contributed by atoms with Crippen molar-refractivity contribution in [2.24, 2.45) is 10.2 Å². The van der Waals surface area contributed by atoms with Crippen LogP contribution in [0.3, 0.4) is 0 Å². The highest BCUT2D eigenvalue weighted by Crippen LogP contribution is 2.42. The first-order valence-corrected chi connectivity index (χ1v) is 17.3. The maximum Gasteiger partial charge on any atom is 0.296 e. The molecule has 1 saturated carbocycles. The van der Waals surface area contributed by atoms with Crippen molar-refractivity contribution in [3.8, 4) is 6.07 Å². The molecule has 2 aromatic carbocycles. The summed E-state index contributed by atoms with van der Waals surface area (Å²) >= 11 is 0.517. The van der Waals surface area contributed by atoms with Gasteiger partial charge in [-0.3, -0.25) is 4.55 Å². The zero-order valence-corrected chi connectivity index (χ0v) is 26.0. The third kappa shape index (κ3) is 7.90. The van der Waals surface area contributed by atoms with E-state index in [1.54, 1.807) is 31.2 Å². The summed E-state index contributed by atoms with van der Waals surface area (Å²) in [5.41, 5.74) is 0.432. The average Bonchev–Trinajstić information content (AvgIpc) is 3.00. The molecule has 1 fully saturated rings. The Morgan fingerprint density at radius 1 is 1.14 bits per heavy atom. The number of anilines is 2. The minimum atomic E-state index is -4.84. The Bertz CT molecular complexity index is 1840. The number of nitrogens with one attached hydrogen (secondary N) is 2. The molecule has 0 bridgehead atoms. The number of nitrogens with zero attached hydrogens (tertiary/aromatic N) is 4. The molecule has 0 amide bonds. The van der Waals surface area contributed by atoms with E-state index in [1.165, 1.54) is 0 Å². The number of sulfone groups is 1. The predicted octanol–water partition coefficient (Wildman–Crippen LogP) is 6.22. The lowest BCUT2D eigenvalue weighted by atomic mass is 9.95. The number of fused-ring (bicyclic) bond motifs is 1. The number of azo groups is 1. The molecule has 4 N–H and O–H groups in total. The van der Waals surface area contributed by atoms with E-state index in [-0.39, 0.29) is 57.2 Å². The van der Waals surface area contributed by atoms with Gasteiger partial charge in [0.1, 0.15) is 28.2 Å². The highest BCUT2D eigenvalue weighted by molar-refractivity contribution is 7.95. The molecule has 0 saturated heterocycles. The summed E-state index contributed by atoms with van der Waals surface area (Å²) in [6.45, 7) is 4.90. The number of hydrogen-bond donors (Lipinski definition) is 4. The van der Waals surface area contributed by atoms with Gasteiger partial charge in [0.05, 0.1) is 23.4 Å². The Kier molecular flexibility index (Phi) is 10.9. The molecule has 1 aliphatic carbocycles. The van der Waals surface area contributed by atoms with Crippen molar-refractivity contribution < 1.29 is 36.0 Å². The Hall–Kier alpha value is -3.63. The molecule has 0 atom stereocenters. The first-order chi connectivity index (χ1) is 21.0. The number of rotatable bonds is 13. The van der Waals surface area contributed by atoms with Crippen LogP contribution in [0.5, 0.6) is 0 Å². The Morgan fingerprint density at radius 3 is 2.45 bits per heavy atom. The zero-order valence-electron chi connectivity index (χ0n) is 23.6. The van der Waals surface area contributed by atoms with Gasteiger partial charge in [0, 0.05) is 33.8 Å². The van der Waals surface area contributed by atoms with Gasteiger partial charge < -0.3 is 10.6 Å². The third-order valence-corrected chi connectivity index (χ3v) is 9.83.